The van der Waals surface area contributed by atoms with Crippen molar-refractivity contribution in [2.75, 3.05) is 5.73 Å². The van der Waals surface area contributed by atoms with Gasteiger partial charge in [0.1, 0.15) is 0 Å². The molecule has 6 heteroatoms. The molecule has 1 aromatic carbocycles. The molecule has 0 heterocycles. The van der Waals surface area contributed by atoms with Crippen LogP contribution in [0.25, 0.3) is 0 Å². The van der Waals surface area contributed by atoms with Crippen molar-refractivity contribution in [3.8, 4) is 5.75 Å². The lowest BCUT2D eigenvalue weighted by atomic mass is 10.2. The van der Waals surface area contributed by atoms with E-state index in [1.54, 1.807) is 0 Å². The highest BCUT2D eigenvalue weighted by atomic mass is 19.4. The van der Waals surface area contributed by atoms with Gasteiger partial charge in [-0.1, -0.05) is 12.1 Å². The number of benzene rings is 1. The lowest BCUT2D eigenvalue weighted by Crippen LogP contribution is -2.19. The number of nitrogens with two attached hydrogens (primary N) is 1. The molecule has 3 N–H and O–H groups in total. The minimum atomic E-state index is -4.81. The molecule has 0 saturated carbocycles. The topological polar surface area (TPSA) is 55.5 Å². The molecular formula is C8H8F3NO2. The summed E-state index contributed by atoms with van der Waals surface area (Å²) >= 11 is 0. The molecule has 0 aromatic heterocycles. The molecule has 0 saturated heterocycles. The molecule has 0 fully saturated rings. The van der Waals surface area contributed by atoms with Gasteiger partial charge in [-0.2, -0.15) is 0 Å². The van der Waals surface area contributed by atoms with E-state index in [9.17, 15) is 13.2 Å². The number of ether oxygens (including phenoxy) is 1. The fourth-order valence-corrected chi connectivity index (χ4v) is 0.969. The second-order valence-electron chi connectivity index (χ2n) is 2.54. The Hall–Kier alpha value is -1.43. The number of hydrogen-bond acceptors (Lipinski definition) is 3. The van der Waals surface area contributed by atoms with E-state index in [-0.39, 0.29) is 11.3 Å². The number of para-hydroxylation sites is 1. The van der Waals surface area contributed by atoms with Crippen LogP contribution in [0.5, 0.6) is 5.75 Å². The normalized spacial score (nSPS) is 11.4. The van der Waals surface area contributed by atoms with Crippen LogP contribution in [0.3, 0.4) is 0 Å². The Balaban J connectivity index is 3.05. The molecule has 3 nitrogen and oxygen atoms in total. The molecule has 1 rings (SSSR count). The first-order valence-corrected chi connectivity index (χ1v) is 3.68. The van der Waals surface area contributed by atoms with Gasteiger partial charge >= 0.3 is 6.36 Å². The van der Waals surface area contributed by atoms with Gasteiger partial charge in [0.15, 0.2) is 5.75 Å². The Morgan fingerprint density at radius 3 is 2.50 bits per heavy atom. The van der Waals surface area contributed by atoms with E-state index < -0.39 is 18.7 Å². The molecule has 0 spiro atoms. The highest BCUT2D eigenvalue weighted by molar-refractivity contribution is 5.56. The molecule has 0 radical (unpaired) electrons. The van der Waals surface area contributed by atoms with Crippen LogP contribution in [-0.4, -0.2) is 11.5 Å². The molecule has 0 aliphatic carbocycles. The Labute approximate surface area is 77.9 Å². The largest absolute Gasteiger partial charge is 0.573 e. The van der Waals surface area contributed by atoms with Gasteiger partial charge in [0.2, 0.25) is 0 Å². The Bertz CT molecular complexity index is 325. The van der Waals surface area contributed by atoms with Gasteiger partial charge < -0.3 is 15.6 Å². The maximum atomic E-state index is 11.9. The Morgan fingerprint density at radius 2 is 2.00 bits per heavy atom. The van der Waals surface area contributed by atoms with Crippen LogP contribution in [0, 0.1) is 0 Å². The van der Waals surface area contributed by atoms with E-state index in [1.807, 2.05) is 0 Å². The van der Waals surface area contributed by atoms with Crippen molar-refractivity contribution in [1.29, 1.82) is 0 Å². The number of aliphatic hydroxyl groups excluding tert-OH is 1. The fraction of sp³-hybridized carbons (Fsp3) is 0.250. The third kappa shape index (κ3) is 2.53. The van der Waals surface area contributed by atoms with Gasteiger partial charge in [-0.3, -0.25) is 0 Å². The van der Waals surface area contributed by atoms with Gasteiger partial charge in [-0.25, -0.2) is 0 Å². The highest BCUT2D eigenvalue weighted by Gasteiger charge is 2.32. The maximum absolute atomic E-state index is 11.9. The number of hydrogen-bond donors (Lipinski definition) is 2. The van der Waals surface area contributed by atoms with Crippen LogP contribution in [0.2, 0.25) is 0 Å². The first kappa shape index (κ1) is 10.6. The van der Waals surface area contributed by atoms with E-state index >= 15 is 0 Å². The molecule has 0 aliphatic heterocycles. The Kier molecular flexibility index (Phi) is 2.85. The number of aliphatic hydroxyl groups is 1. The summed E-state index contributed by atoms with van der Waals surface area (Å²) in [5.74, 6) is -0.539. The summed E-state index contributed by atoms with van der Waals surface area (Å²) in [6.07, 6.45) is -4.81. The molecule has 78 valence electrons. The standard InChI is InChI=1S/C8H8F3NO2/c9-8(10,11)14-7-5(4-13)2-1-3-6(7)12/h1-3,13H,4,12H2. The van der Waals surface area contributed by atoms with Crippen molar-refractivity contribution < 1.29 is 23.0 Å². The van der Waals surface area contributed by atoms with Crippen molar-refractivity contribution in [2.24, 2.45) is 0 Å². The van der Waals surface area contributed by atoms with Crippen LogP contribution in [0.15, 0.2) is 18.2 Å². The minimum Gasteiger partial charge on any atom is -0.403 e. The van der Waals surface area contributed by atoms with Crippen LogP contribution in [0.4, 0.5) is 18.9 Å². The van der Waals surface area contributed by atoms with Gasteiger partial charge in [0, 0.05) is 5.56 Å². The third-order valence-electron chi connectivity index (χ3n) is 1.52. The van der Waals surface area contributed by atoms with Crippen LogP contribution < -0.4 is 10.5 Å². The molecule has 0 aliphatic rings. The first-order valence-electron chi connectivity index (χ1n) is 3.68. The van der Waals surface area contributed by atoms with Crippen molar-refractivity contribution in [1.82, 2.24) is 0 Å². The van der Waals surface area contributed by atoms with Crippen molar-refractivity contribution >= 4 is 5.69 Å². The van der Waals surface area contributed by atoms with Crippen molar-refractivity contribution in [3.05, 3.63) is 23.8 Å². The molecule has 14 heavy (non-hydrogen) atoms. The zero-order chi connectivity index (χ0) is 10.8. The van der Waals surface area contributed by atoms with E-state index in [0.717, 1.165) is 0 Å². The second kappa shape index (κ2) is 3.75. The SMILES string of the molecule is Nc1cccc(CO)c1OC(F)(F)F. The van der Waals surface area contributed by atoms with Crippen molar-refractivity contribution in [2.45, 2.75) is 13.0 Å². The van der Waals surface area contributed by atoms with E-state index in [4.69, 9.17) is 10.8 Å². The molecule has 0 atom stereocenters. The smallest absolute Gasteiger partial charge is 0.403 e. The summed E-state index contributed by atoms with van der Waals surface area (Å²) in [5, 5.41) is 8.74. The average Bonchev–Trinajstić information content (AvgIpc) is 2.06. The molecule has 0 unspecified atom stereocenters. The zero-order valence-electron chi connectivity index (χ0n) is 7.01. The van der Waals surface area contributed by atoms with Crippen LogP contribution >= 0.6 is 0 Å². The molecular weight excluding hydrogens is 199 g/mol. The number of rotatable bonds is 2. The van der Waals surface area contributed by atoms with Gasteiger partial charge in [-0.05, 0) is 6.07 Å². The monoisotopic (exact) mass is 207 g/mol. The predicted molar refractivity (Wildman–Crippen MR) is 43.5 cm³/mol. The number of halogens is 3. The minimum absolute atomic E-state index is 0.00215. The zero-order valence-corrected chi connectivity index (χ0v) is 7.01. The average molecular weight is 207 g/mol. The Morgan fingerprint density at radius 1 is 1.36 bits per heavy atom. The molecule has 1 aromatic rings. The number of anilines is 1. The summed E-state index contributed by atoms with van der Waals surface area (Å²) in [6.45, 7) is -0.559. The third-order valence-corrected chi connectivity index (χ3v) is 1.52. The van der Waals surface area contributed by atoms with Crippen LogP contribution in [0.1, 0.15) is 5.56 Å². The van der Waals surface area contributed by atoms with E-state index in [2.05, 4.69) is 4.74 Å². The number of nitrogen functional groups attached to an aromatic ring is 1. The highest BCUT2D eigenvalue weighted by Crippen LogP contribution is 2.31. The van der Waals surface area contributed by atoms with Crippen molar-refractivity contribution in [3.63, 3.8) is 0 Å². The van der Waals surface area contributed by atoms with Gasteiger partial charge in [0.25, 0.3) is 0 Å². The maximum Gasteiger partial charge on any atom is 0.573 e. The fourth-order valence-electron chi connectivity index (χ4n) is 0.969. The number of alkyl halides is 3. The molecule has 0 bridgehead atoms. The van der Waals surface area contributed by atoms with Gasteiger partial charge in [-0.15, -0.1) is 13.2 Å². The van der Waals surface area contributed by atoms with E-state index in [1.165, 1.54) is 18.2 Å². The second-order valence-corrected chi connectivity index (χ2v) is 2.54. The summed E-state index contributed by atoms with van der Waals surface area (Å²) in [6, 6.07) is 4.00. The quantitative estimate of drug-likeness (QED) is 0.725. The van der Waals surface area contributed by atoms with E-state index in [0.29, 0.717) is 0 Å². The lowest BCUT2D eigenvalue weighted by molar-refractivity contribution is -0.274. The van der Waals surface area contributed by atoms with Crippen LogP contribution in [-0.2, 0) is 6.61 Å². The first-order chi connectivity index (χ1) is 6.44. The molecule has 0 amide bonds. The predicted octanol–water partition coefficient (Wildman–Crippen LogP) is 1.66. The lowest BCUT2D eigenvalue weighted by Gasteiger charge is -2.13. The van der Waals surface area contributed by atoms with Gasteiger partial charge in [0.05, 0.1) is 12.3 Å². The summed E-state index contributed by atoms with van der Waals surface area (Å²) in [7, 11) is 0. The summed E-state index contributed by atoms with van der Waals surface area (Å²) < 4.78 is 39.3. The summed E-state index contributed by atoms with van der Waals surface area (Å²) in [4.78, 5) is 0. The summed E-state index contributed by atoms with van der Waals surface area (Å²) in [5.41, 5.74) is 5.11.